The monoisotopic (exact) mass is 461 g/mol. The maximum Gasteiger partial charge on any atom is 0.269 e. The van der Waals surface area contributed by atoms with Crippen LogP contribution in [0.15, 0.2) is 48.5 Å². The summed E-state index contributed by atoms with van der Waals surface area (Å²) in [6.45, 7) is 4.69. The molecule has 178 valence electrons. The molecule has 0 saturated carbocycles. The fourth-order valence-electron chi connectivity index (χ4n) is 6.14. The van der Waals surface area contributed by atoms with Crippen LogP contribution in [0.3, 0.4) is 0 Å². The van der Waals surface area contributed by atoms with E-state index in [1.54, 1.807) is 19.2 Å². The van der Waals surface area contributed by atoms with Gasteiger partial charge in [0, 0.05) is 49.6 Å². The van der Waals surface area contributed by atoms with Crippen molar-refractivity contribution in [1.29, 1.82) is 0 Å². The molecule has 2 aliphatic heterocycles. The zero-order chi connectivity index (χ0) is 23.9. The Bertz CT molecular complexity index is 1230. The fourth-order valence-corrected chi connectivity index (χ4v) is 6.14. The molecule has 0 spiro atoms. The van der Waals surface area contributed by atoms with Gasteiger partial charge in [-0.25, -0.2) is 0 Å². The molecular weight excluding hydrogens is 430 g/mol. The predicted molar refractivity (Wildman–Crippen MR) is 131 cm³/mol. The lowest BCUT2D eigenvalue weighted by Gasteiger charge is -2.44. The first-order valence-electron chi connectivity index (χ1n) is 12.1. The van der Waals surface area contributed by atoms with E-state index in [0.29, 0.717) is 6.42 Å². The normalized spacial score (nSPS) is 23.2. The number of carbonyl (C=O) groups is 1. The molecule has 2 aromatic carbocycles. The number of methoxy groups -OCH3 is 1. The largest absolute Gasteiger partial charge is 0.375 e. The van der Waals surface area contributed by atoms with Crippen molar-refractivity contribution >= 4 is 22.5 Å². The third kappa shape index (κ3) is 3.73. The summed E-state index contributed by atoms with van der Waals surface area (Å²) in [6, 6.07) is 15.1. The molecular formula is C27H31N3O4. The number of benzene rings is 2. The summed E-state index contributed by atoms with van der Waals surface area (Å²) in [5.74, 6) is 0.177. The van der Waals surface area contributed by atoms with Crippen LogP contribution in [0.2, 0.25) is 0 Å². The smallest absolute Gasteiger partial charge is 0.269 e. The second-order valence-electron chi connectivity index (χ2n) is 9.67. The Balaban J connectivity index is 1.54. The standard InChI is InChI=1S/C27H31N3O4/c1-3-27-14-6-15-28(18-19-9-11-20(12-10-19)30(32)33)16-13-22-21-7-4-5-8-23(21)29(24(31)17-27)25(22)26(27)34-2/h4-5,7-12,26H,3,6,13-18H2,1-2H3. The summed E-state index contributed by atoms with van der Waals surface area (Å²) >= 11 is 0. The van der Waals surface area contributed by atoms with Crippen LogP contribution in [0.5, 0.6) is 0 Å². The van der Waals surface area contributed by atoms with E-state index in [-0.39, 0.29) is 28.0 Å². The van der Waals surface area contributed by atoms with Crippen molar-refractivity contribution in [3.05, 3.63) is 75.5 Å². The Morgan fingerprint density at radius 2 is 1.91 bits per heavy atom. The van der Waals surface area contributed by atoms with E-state index < -0.39 is 0 Å². The summed E-state index contributed by atoms with van der Waals surface area (Å²) < 4.78 is 8.10. The SMILES string of the molecule is CCC12CCCN(Cc3ccc([N+](=O)[O-])cc3)CCc3c(n(c4ccccc34)C(=O)C1)C2OC. The molecule has 2 bridgehead atoms. The molecule has 2 unspecified atom stereocenters. The van der Waals surface area contributed by atoms with Gasteiger partial charge >= 0.3 is 0 Å². The van der Waals surface area contributed by atoms with Crippen molar-refractivity contribution < 1.29 is 14.5 Å². The molecule has 3 aromatic rings. The first kappa shape index (κ1) is 22.7. The Kier molecular flexibility index (Phi) is 6.00. The van der Waals surface area contributed by atoms with Crippen molar-refractivity contribution in [2.75, 3.05) is 20.2 Å². The number of nitro groups is 1. The molecule has 0 N–H and O–H groups in total. The van der Waals surface area contributed by atoms with Crippen LogP contribution >= 0.6 is 0 Å². The minimum Gasteiger partial charge on any atom is -0.375 e. The van der Waals surface area contributed by atoms with Crippen LogP contribution in [0.25, 0.3) is 10.9 Å². The summed E-state index contributed by atoms with van der Waals surface area (Å²) in [6.07, 6.45) is 4.01. The van der Waals surface area contributed by atoms with E-state index in [4.69, 9.17) is 4.74 Å². The van der Waals surface area contributed by atoms with E-state index in [2.05, 4.69) is 17.9 Å². The number of hydrogen-bond acceptors (Lipinski definition) is 5. The van der Waals surface area contributed by atoms with Crippen LogP contribution in [0.1, 0.15) is 60.3 Å². The summed E-state index contributed by atoms with van der Waals surface area (Å²) in [4.78, 5) is 26.6. The average Bonchev–Trinajstić information content (AvgIpc) is 3.17. The molecule has 7 nitrogen and oxygen atoms in total. The lowest BCUT2D eigenvalue weighted by atomic mass is 9.69. The van der Waals surface area contributed by atoms with Crippen LogP contribution in [-0.4, -0.2) is 40.5 Å². The average molecular weight is 462 g/mol. The summed E-state index contributed by atoms with van der Waals surface area (Å²) in [7, 11) is 1.78. The van der Waals surface area contributed by atoms with Crippen LogP contribution < -0.4 is 0 Å². The number of carbonyl (C=O) groups excluding carboxylic acids is 1. The van der Waals surface area contributed by atoms with Gasteiger partial charge < -0.3 is 4.74 Å². The van der Waals surface area contributed by atoms with Crippen molar-refractivity contribution in [2.45, 2.75) is 51.7 Å². The van der Waals surface area contributed by atoms with E-state index >= 15 is 0 Å². The van der Waals surface area contributed by atoms with Gasteiger partial charge in [-0.05, 0) is 49.4 Å². The van der Waals surface area contributed by atoms with Crippen LogP contribution in [-0.2, 0) is 17.7 Å². The number of aromatic nitrogens is 1. The van der Waals surface area contributed by atoms with Gasteiger partial charge in [0.15, 0.2) is 0 Å². The first-order valence-corrected chi connectivity index (χ1v) is 12.1. The minimum atomic E-state index is -0.360. The number of hydrogen-bond donors (Lipinski definition) is 0. The highest BCUT2D eigenvalue weighted by Crippen LogP contribution is 2.52. The number of fused-ring (bicyclic) bond motifs is 4. The summed E-state index contributed by atoms with van der Waals surface area (Å²) in [5.41, 5.74) is 4.21. The van der Waals surface area contributed by atoms with Gasteiger partial charge in [-0.3, -0.25) is 24.4 Å². The Morgan fingerprint density at radius 1 is 1.15 bits per heavy atom. The molecule has 5 rings (SSSR count). The van der Waals surface area contributed by atoms with Crippen molar-refractivity contribution in [3.63, 3.8) is 0 Å². The maximum atomic E-state index is 13.5. The topological polar surface area (TPSA) is 77.6 Å². The number of non-ortho nitro benzene ring substituents is 1. The third-order valence-electron chi connectivity index (χ3n) is 7.90. The molecule has 34 heavy (non-hydrogen) atoms. The van der Waals surface area contributed by atoms with Crippen molar-refractivity contribution in [2.24, 2.45) is 5.41 Å². The van der Waals surface area contributed by atoms with Crippen molar-refractivity contribution in [3.8, 4) is 0 Å². The van der Waals surface area contributed by atoms with Gasteiger partial charge in [0.25, 0.3) is 5.69 Å². The molecule has 1 aromatic heterocycles. The highest BCUT2D eigenvalue weighted by atomic mass is 16.6. The second kappa shape index (κ2) is 8.96. The molecule has 0 aliphatic carbocycles. The lowest BCUT2D eigenvalue weighted by Crippen LogP contribution is -2.42. The van der Waals surface area contributed by atoms with Crippen molar-refractivity contribution in [1.82, 2.24) is 9.47 Å². The van der Waals surface area contributed by atoms with Gasteiger partial charge in [0.2, 0.25) is 5.91 Å². The predicted octanol–water partition coefficient (Wildman–Crippen LogP) is 5.52. The zero-order valence-electron chi connectivity index (χ0n) is 19.8. The van der Waals surface area contributed by atoms with Gasteiger partial charge in [0.05, 0.1) is 16.1 Å². The van der Waals surface area contributed by atoms with Gasteiger partial charge in [-0.15, -0.1) is 0 Å². The molecule has 2 aliphatic rings. The highest BCUT2D eigenvalue weighted by Gasteiger charge is 2.48. The highest BCUT2D eigenvalue weighted by molar-refractivity contribution is 5.97. The number of rotatable bonds is 5. The first-order chi connectivity index (χ1) is 16.5. The lowest BCUT2D eigenvalue weighted by molar-refractivity contribution is -0.384. The Hall–Kier alpha value is -3.03. The minimum absolute atomic E-state index is 0.0983. The molecule has 0 saturated heterocycles. The number of para-hydroxylation sites is 1. The van der Waals surface area contributed by atoms with E-state index in [0.717, 1.165) is 67.5 Å². The molecule has 0 fully saturated rings. The Morgan fingerprint density at radius 3 is 2.62 bits per heavy atom. The summed E-state index contributed by atoms with van der Waals surface area (Å²) in [5, 5.41) is 12.1. The molecule has 0 amide bonds. The van der Waals surface area contributed by atoms with E-state index in [1.807, 2.05) is 34.9 Å². The van der Waals surface area contributed by atoms with Gasteiger partial charge in [-0.2, -0.15) is 0 Å². The van der Waals surface area contributed by atoms with Gasteiger partial charge in [0.1, 0.15) is 6.10 Å². The van der Waals surface area contributed by atoms with Crippen LogP contribution in [0.4, 0.5) is 5.69 Å². The third-order valence-corrected chi connectivity index (χ3v) is 7.90. The quantitative estimate of drug-likeness (QED) is 0.370. The molecule has 7 heteroatoms. The Labute approximate surface area is 199 Å². The fraction of sp³-hybridized carbons (Fsp3) is 0.444. The van der Waals surface area contributed by atoms with E-state index in [1.165, 1.54) is 5.56 Å². The second-order valence-corrected chi connectivity index (χ2v) is 9.67. The van der Waals surface area contributed by atoms with Crippen LogP contribution in [0, 0.1) is 15.5 Å². The van der Waals surface area contributed by atoms with E-state index in [9.17, 15) is 14.9 Å². The number of nitrogens with zero attached hydrogens (tertiary/aromatic N) is 3. The van der Waals surface area contributed by atoms with Gasteiger partial charge in [-0.1, -0.05) is 37.3 Å². The molecule has 3 heterocycles. The molecule has 2 atom stereocenters. The molecule has 0 radical (unpaired) electrons. The number of ether oxygens (including phenoxy) is 1. The zero-order valence-corrected chi connectivity index (χ0v) is 19.8. The number of nitro benzene ring substituents is 1. The maximum absolute atomic E-state index is 13.5.